The van der Waals surface area contributed by atoms with Gasteiger partial charge in [-0.15, -0.1) is 0 Å². The second kappa shape index (κ2) is 8.97. The molecule has 0 spiro atoms. The molecular weight excluding hydrogens is 380 g/mol. The third-order valence-electron chi connectivity index (χ3n) is 4.45. The maximum Gasteiger partial charge on any atom is 0.313 e. The van der Waals surface area contributed by atoms with E-state index < -0.39 is 28.0 Å². The minimum absolute atomic E-state index is 0.0945. The fourth-order valence-electron chi connectivity index (χ4n) is 2.71. The van der Waals surface area contributed by atoms with E-state index in [9.17, 15) is 18.3 Å². The number of benzene rings is 2. The molecule has 0 radical (unpaired) electrons. The Labute approximate surface area is 164 Å². The second-order valence-corrected chi connectivity index (χ2v) is 8.45. The van der Waals surface area contributed by atoms with Gasteiger partial charge in [0.1, 0.15) is 5.92 Å². The van der Waals surface area contributed by atoms with E-state index in [0.29, 0.717) is 11.1 Å². The van der Waals surface area contributed by atoms with Gasteiger partial charge in [0.2, 0.25) is 10.0 Å². The second-order valence-electron chi connectivity index (χ2n) is 6.41. The molecule has 1 N–H and O–H groups in total. The molecular formula is C20H22N2O5S. The van der Waals surface area contributed by atoms with Crippen molar-refractivity contribution in [2.24, 2.45) is 5.92 Å². The maximum atomic E-state index is 12.8. The average molecular weight is 402 g/mol. The van der Waals surface area contributed by atoms with E-state index in [1.165, 1.54) is 50.6 Å². The first-order valence-electron chi connectivity index (χ1n) is 8.49. The molecule has 2 rings (SSSR count). The van der Waals surface area contributed by atoms with E-state index in [0.717, 1.165) is 9.87 Å². The summed E-state index contributed by atoms with van der Waals surface area (Å²) in [5, 5.41) is 19.5. The molecule has 0 aliphatic rings. The monoisotopic (exact) mass is 402 g/mol. The lowest BCUT2D eigenvalue weighted by atomic mass is 9.95. The zero-order valence-corrected chi connectivity index (χ0v) is 16.7. The number of rotatable bonds is 7. The summed E-state index contributed by atoms with van der Waals surface area (Å²) in [6.45, 7) is 1.57. The number of sulfonamides is 1. The Hall–Kier alpha value is -2.73. The molecule has 0 aromatic heterocycles. The van der Waals surface area contributed by atoms with Crippen LogP contribution in [0.3, 0.4) is 0 Å². The first-order valence-corrected chi connectivity index (χ1v) is 9.93. The lowest BCUT2D eigenvalue weighted by Gasteiger charge is -2.26. The van der Waals surface area contributed by atoms with Crippen LogP contribution in [0.1, 0.15) is 22.8 Å². The van der Waals surface area contributed by atoms with Gasteiger partial charge in [-0.05, 0) is 36.8 Å². The van der Waals surface area contributed by atoms with Gasteiger partial charge in [-0.25, -0.2) is 8.42 Å². The van der Waals surface area contributed by atoms with Crippen LogP contribution in [-0.2, 0) is 19.6 Å². The highest BCUT2D eigenvalue weighted by Gasteiger charge is 2.33. The minimum atomic E-state index is -3.85. The van der Waals surface area contributed by atoms with Gasteiger partial charge in [0.15, 0.2) is 0 Å². The number of aliphatic hydroxyl groups excluding tert-OH is 1. The van der Waals surface area contributed by atoms with Gasteiger partial charge in [-0.1, -0.05) is 29.8 Å². The van der Waals surface area contributed by atoms with Gasteiger partial charge in [-0.2, -0.15) is 9.57 Å². The van der Waals surface area contributed by atoms with Gasteiger partial charge in [-0.3, -0.25) is 4.79 Å². The van der Waals surface area contributed by atoms with Crippen molar-refractivity contribution in [2.45, 2.75) is 17.9 Å². The van der Waals surface area contributed by atoms with E-state index in [2.05, 4.69) is 0 Å². The van der Waals surface area contributed by atoms with Crippen molar-refractivity contribution in [3.05, 3.63) is 65.2 Å². The SMILES string of the molecule is COC(=O)[C@@H](CN(C)S(=O)(=O)c1ccc(C)cc1)[C@@H](O)c1ccc(C#N)cc1. The number of carbonyl (C=O) groups excluding carboxylic acids is 1. The molecule has 0 amide bonds. The number of aryl methyl sites for hydroxylation is 1. The number of hydrogen-bond acceptors (Lipinski definition) is 6. The van der Waals surface area contributed by atoms with Crippen LogP contribution in [0, 0.1) is 24.2 Å². The molecule has 0 aliphatic heterocycles. The summed E-state index contributed by atoms with van der Waals surface area (Å²) in [7, 11) is -1.33. The average Bonchev–Trinajstić information content (AvgIpc) is 2.71. The number of aliphatic hydroxyl groups is 1. The highest BCUT2D eigenvalue weighted by Crippen LogP contribution is 2.26. The van der Waals surface area contributed by atoms with Crippen LogP contribution in [-0.4, -0.2) is 44.5 Å². The van der Waals surface area contributed by atoms with Gasteiger partial charge < -0.3 is 9.84 Å². The number of esters is 1. The summed E-state index contributed by atoms with van der Waals surface area (Å²) in [5.41, 5.74) is 1.71. The van der Waals surface area contributed by atoms with E-state index in [-0.39, 0.29) is 11.4 Å². The van der Waals surface area contributed by atoms with Crippen molar-refractivity contribution < 1.29 is 23.1 Å². The van der Waals surface area contributed by atoms with Gasteiger partial charge in [0, 0.05) is 13.6 Å². The third-order valence-corrected chi connectivity index (χ3v) is 6.29. The number of nitriles is 1. The van der Waals surface area contributed by atoms with Gasteiger partial charge >= 0.3 is 5.97 Å². The van der Waals surface area contributed by atoms with E-state index in [4.69, 9.17) is 10.00 Å². The van der Waals surface area contributed by atoms with Crippen molar-refractivity contribution in [2.75, 3.05) is 20.7 Å². The Kier molecular flexibility index (Phi) is 6.91. The summed E-state index contributed by atoms with van der Waals surface area (Å²) in [5.74, 6) is -1.87. The zero-order valence-electron chi connectivity index (χ0n) is 15.9. The fraction of sp³-hybridized carbons (Fsp3) is 0.300. The zero-order chi connectivity index (χ0) is 20.9. The Morgan fingerprint density at radius 1 is 1.18 bits per heavy atom. The molecule has 0 fully saturated rings. The number of hydrogen-bond donors (Lipinski definition) is 1. The van der Waals surface area contributed by atoms with Crippen molar-refractivity contribution in [3.8, 4) is 6.07 Å². The third kappa shape index (κ3) is 4.75. The van der Waals surface area contributed by atoms with Gasteiger partial charge in [0.05, 0.1) is 29.7 Å². The largest absolute Gasteiger partial charge is 0.469 e. The molecule has 148 valence electrons. The Morgan fingerprint density at radius 2 is 1.75 bits per heavy atom. The number of ether oxygens (including phenoxy) is 1. The first kappa shape index (κ1) is 21.6. The van der Waals surface area contributed by atoms with Crippen LogP contribution < -0.4 is 0 Å². The Bertz CT molecular complexity index is 963. The molecule has 2 aromatic rings. The normalized spacial score (nSPS) is 13.6. The first-order chi connectivity index (χ1) is 13.2. The molecule has 2 aromatic carbocycles. The predicted octanol–water partition coefficient (Wildman–Crippen LogP) is 2.01. The Balaban J connectivity index is 2.28. The summed E-state index contributed by atoms with van der Waals surface area (Å²) in [6, 6.07) is 14.4. The summed E-state index contributed by atoms with van der Waals surface area (Å²) in [4.78, 5) is 12.3. The molecule has 0 unspecified atom stereocenters. The topological polar surface area (TPSA) is 108 Å². The summed E-state index contributed by atoms with van der Waals surface area (Å²) >= 11 is 0. The lowest BCUT2D eigenvalue weighted by Crippen LogP contribution is -2.38. The van der Waals surface area contributed by atoms with Crippen LogP contribution in [0.2, 0.25) is 0 Å². The van der Waals surface area contributed by atoms with E-state index in [1.807, 2.05) is 13.0 Å². The standard InChI is InChI=1S/C20H22N2O5S/c1-14-4-10-17(11-5-14)28(25,26)22(2)13-18(20(24)27-3)19(23)16-8-6-15(12-21)7-9-16/h4-11,18-19,23H,13H2,1-3H3/t18-,19-/m0/s1. The summed E-state index contributed by atoms with van der Waals surface area (Å²) in [6.07, 6.45) is -1.30. The number of methoxy groups -OCH3 is 1. The molecule has 8 heteroatoms. The summed E-state index contributed by atoms with van der Waals surface area (Å²) < 4.78 is 31.4. The van der Waals surface area contributed by atoms with Crippen molar-refractivity contribution in [3.63, 3.8) is 0 Å². The molecule has 0 heterocycles. The molecule has 28 heavy (non-hydrogen) atoms. The quantitative estimate of drug-likeness (QED) is 0.710. The molecule has 7 nitrogen and oxygen atoms in total. The van der Waals surface area contributed by atoms with Crippen molar-refractivity contribution in [1.82, 2.24) is 4.31 Å². The smallest absolute Gasteiger partial charge is 0.313 e. The highest BCUT2D eigenvalue weighted by atomic mass is 32.2. The molecule has 0 saturated carbocycles. The van der Waals surface area contributed by atoms with Gasteiger partial charge in [0.25, 0.3) is 0 Å². The number of carbonyl (C=O) groups is 1. The van der Waals surface area contributed by atoms with E-state index >= 15 is 0 Å². The van der Waals surface area contributed by atoms with Crippen molar-refractivity contribution in [1.29, 1.82) is 5.26 Å². The number of nitrogens with zero attached hydrogens (tertiary/aromatic N) is 2. The van der Waals surface area contributed by atoms with Crippen LogP contribution >= 0.6 is 0 Å². The van der Waals surface area contributed by atoms with E-state index in [1.54, 1.807) is 12.1 Å². The van der Waals surface area contributed by atoms with Crippen LogP contribution in [0.4, 0.5) is 0 Å². The highest BCUT2D eigenvalue weighted by molar-refractivity contribution is 7.89. The van der Waals surface area contributed by atoms with Crippen LogP contribution in [0.25, 0.3) is 0 Å². The molecule has 0 bridgehead atoms. The van der Waals surface area contributed by atoms with Crippen LogP contribution in [0.15, 0.2) is 53.4 Å². The molecule has 0 saturated heterocycles. The van der Waals surface area contributed by atoms with Crippen molar-refractivity contribution >= 4 is 16.0 Å². The lowest BCUT2D eigenvalue weighted by molar-refractivity contribution is -0.150. The molecule has 2 atom stereocenters. The fourth-order valence-corrected chi connectivity index (χ4v) is 3.90. The Morgan fingerprint density at radius 3 is 2.25 bits per heavy atom. The van der Waals surface area contributed by atoms with Crippen LogP contribution in [0.5, 0.6) is 0 Å². The maximum absolute atomic E-state index is 12.8. The minimum Gasteiger partial charge on any atom is -0.469 e. The predicted molar refractivity (Wildman–Crippen MR) is 103 cm³/mol. The molecule has 0 aliphatic carbocycles.